The van der Waals surface area contributed by atoms with Crippen LogP contribution in [0.25, 0.3) is 0 Å². The summed E-state index contributed by atoms with van der Waals surface area (Å²) < 4.78 is 19.4. The van der Waals surface area contributed by atoms with Gasteiger partial charge < -0.3 is 9.64 Å². The summed E-state index contributed by atoms with van der Waals surface area (Å²) in [7, 11) is 0. The van der Waals surface area contributed by atoms with E-state index in [1.165, 1.54) is 6.07 Å². The van der Waals surface area contributed by atoms with Crippen molar-refractivity contribution in [3.8, 4) is 0 Å². The fraction of sp³-hybridized carbons (Fsp3) is 0.389. The van der Waals surface area contributed by atoms with Crippen LogP contribution in [0.5, 0.6) is 0 Å². The first-order valence-corrected chi connectivity index (χ1v) is 8.06. The van der Waals surface area contributed by atoms with E-state index >= 15 is 0 Å². The molecule has 0 spiro atoms. The molecule has 1 amide bonds. The summed E-state index contributed by atoms with van der Waals surface area (Å²) in [5.74, 6) is 0.429. The Morgan fingerprint density at radius 2 is 2.21 bits per heavy atom. The number of carbonyl (C=O) groups is 1. The monoisotopic (exact) mass is 329 g/mol. The molecule has 0 radical (unpaired) electrons. The van der Waals surface area contributed by atoms with Crippen LogP contribution in [0, 0.1) is 12.7 Å². The second-order valence-electron chi connectivity index (χ2n) is 5.82. The smallest absolute Gasteiger partial charge is 0.223 e. The molecule has 1 fully saturated rings. The van der Waals surface area contributed by atoms with Crippen molar-refractivity contribution in [1.29, 1.82) is 0 Å². The maximum atomic E-state index is 13.6. The third-order valence-electron chi connectivity index (χ3n) is 4.11. The Morgan fingerprint density at radius 3 is 3.00 bits per heavy atom. The van der Waals surface area contributed by atoms with Gasteiger partial charge in [0, 0.05) is 19.2 Å². The highest BCUT2D eigenvalue weighted by molar-refractivity contribution is 5.76. The molecule has 1 aromatic carbocycles. The summed E-state index contributed by atoms with van der Waals surface area (Å²) in [4.78, 5) is 22.7. The van der Waals surface area contributed by atoms with Crippen molar-refractivity contribution < 1.29 is 13.9 Å². The molecule has 0 aliphatic carbocycles. The van der Waals surface area contributed by atoms with Crippen LogP contribution in [0.1, 0.15) is 29.6 Å². The maximum Gasteiger partial charge on any atom is 0.223 e. The topological polar surface area (TPSA) is 55.3 Å². The lowest BCUT2D eigenvalue weighted by molar-refractivity contribution is -0.139. The van der Waals surface area contributed by atoms with Crippen molar-refractivity contribution in [2.24, 2.45) is 0 Å². The Balaban J connectivity index is 1.60. The molecule has 5 nitrogen and oxygen atoms in total. The standard InChI is InChI=1S/C18H20FN3O2/c1-13-20-9-8-16(21-13)17-12-22(10-11-24-17)18(23)7-6-14-4-2-3-5-15(14)19/h2-5,8-9,17H,6-7,10-12H2,1H3/t17-/m0/s1. The van der Waals surface area contributed by atoms with Gasteiger partial charge in [0.25, 0.3) is 0 Å². The number of hydrogen-bond donors (Lipinski definition) is 0. The van der Waals surface area contributed by atoms with E-state index in [9.17, 15) is 9.18 Å². The number of halogens is 1. The van der Waals surface area contributed by atoms with Gasteiger partial charge in [0.1, 0.15) is 17.7 Å². The molecular formula is C18H20FN3O2. The molecule has 0 N–H and O–H groups in total. The van der Waals surface area contributed by atoms with Crippen LogP contribution in [-0.2, 0) is 16.0 Å². The van der Waals surface area contributed by atoms with E-state index in [2.05, 4.69) is 9.97 Å². The summed E-state index contributed by atoms with van der Waals surface area (Å²) in [5.41, 5.74) is 1.36. The minimum Gasteiger partial charge on any atom is -0.368 e. The number of morpholine rings is 1. The fourth-order valence-electron chi connectivity index (χ4n) is 2.81. The molecule has 3 rings (SSSR count). The predicted octanol–water partition coefficient (Wildman–Crippen LogP) is 2.46. The Labute approximate surface area is 140 Å². The van der Waals surface area contributed by atoms with Gasteiger partial charge in [0.05, 0.1) is 18.8 Å². The molecule has 1 aromatic heterocycles. The van der Waals surface area contributed by atoms with Gasteiger partial charge in [-0.3, -0.25) is 4.79 Å². The molecule has 24 heavy (non-hydrogen) atoms. The number of aryl methyl sites for hydroxylation is 2. The molecule has 6 heteroatoms. The number of amides is 1. The van der Waals surface area contributed by atoms with Crippen molar-refractivity contribution in [3.05, 3.63) is 59.4 Å². The molecule has 0 bridgehead atoms. The number of carbonyl (C=O) groups excluding carboxylic acids is 1. The van der Waals surface area contributed by atoms with Gasteiger partial charge in [0.15, 0.2) is 0 Å². The Hall–Kier alpha value is -2.34. The minimum absolute atomic E-state index is 0.0114. The third kappa shape index (κ3) is 3.94. The molecule has 0 saturated carbocycles. The summed E-state index contributed by atoms with van der Waals surface area (Å²) in [6, 6.07) is 8.38. The number of hydrogen-bond acceptors (Lipinski definition) is 4. The van der Waals surface area contributed by atoms with E-state index in [1.807, 2.05) is 13.0 Å². The molecule has 2 heterocycles. The molecule has 0 unspecified atom stereocenters. The van der Waals surface area contributed by atoms with Crippen molar-refractivity contribution in [2.75, 3.05) is 19.7 Å². The van der Waals surface area contributed by atoms with E-state index in [0.717, 1.165) is 5.69 Å². The molecular weight excluding hydrogens is 309 g/mol. The van der Waals surface area contributed by atoms with Crippen LogP contribution in [-0.4, -0.2) is 40.5 Å². The maximum absolute atomic E-state index is 13.6. The highest BCUT2D eigenvalue weighted by atomic mass is 19.1. The molecule has 1 aliphatic heterocycles. The zero-order valence-corrected chi connectivity index (χ0v) is 13.6. The van der Waals surface area contributed by atoms with Gasteiger partial charge in [-0.15, -0.1) is 0 Å². The number of nitrogens with zero attached hydrogens (tertiary/aromatic N) is 3. The Bertz CT molecular complexity index is 723. The van der Waals surface area contributed by atoms with Gasteiger partial charge in [0.2, 0.25) is 5.91 Å². The lowest BCUT2D eigenvalue weighted by atomic mass is 10.1. The van der Waals surface area contributed by atoms with Crippen LogP contribution in [0.15, 0.2) is 36.5 Å². The van der Waals surface area contributed by atoms with Gasteiger partial charge in [-0.05, 0) is 31.0 Å². The normalized spacial score (nSPS) is 17.8. The lowest BCUT2D eigenvalue weighted by Crippen LogP contribution is -2.42. The fourth-order valence-corrected chi connectivity index (χ4v) is 2.81. The molecule has 126 valence electrons. The largest absolute Gasteiger partial charge is 0.368 e. The predicted molar refractivity (Wildman–Crippen MR) is 86.8 cm³/mol. The van der Waals surface area contributed by atoms with Gasteiger partial charge in [-0.1, -0.05) is 18.2 Å². The number of aromatic nitrogens is 2. The summed E-state index contributed by atoms with van der Waals surface area (Å²) >= 11 is 0. The zero-order chi connectivity index (χ0) is 16.9. The second-order valence-corrected chi connectivity index (χ2v) is 5.82. The van der Waals surface area contributed by atoms with Crippen LogP contribution in [0.3, 0.4) is 0 Å². The van der Waals surface area contributed by atoms with Crippen molar-refractivity contribution in [1.82, 2.24) is 14.9 Å². The molecule has 1 atom stereocenters. The van der Waals surface area contributed by atoms with Crippen LogP contribution < -0.4 is 0 Å². The van der Waals surface area contributed by atoms with Crippen molar-refractivity contribution in [3.63, 3.8) is 0 Å². The van der Waals surface area contributed by atoms with Gasteiger partial charge >= 0.3 is 0 Å². The molecule has 1 saturated heterocycles. The highest BCUT2D eigenvalue weighted by Gasteiger charge is 2.26. The average Bonchev–Trinajstić information content (AvgIpc) is 2.61. The summed E-state index contributed by atoms with van der Waals surface area (Å²) in [6.07, 6.45) is 2.15. The highest BCUT2D eigenvalue weighted by Crippen LogP contribution is 2.21. The Morgan fingerprint density at radius 1 is 1.38 bits per heavy atom. The van der Waals surface area contributed by atoms with Crippen LogP contribution in [0.2, 0.25) is 0 Å². The molecule has 1 aliphatic rings. The van der Waals surface area contributed by atoms with Gasteiger partial charge in [-0.2, -0.15) is 0 Å². The Kier molecular flexibility index (Phi) is 5.15. The third-order valence-corrected chi connectivity index (χ3v) is 4.11. The van der Waals surface area contributed by atoms with Crippen molar-refractivity contribution >= 4 is 5.91 Å². The SMILES string of the molecule is Cc1nccc([C@@H]2CN(C(=O)CCc3ccccc3F)CCO2)n1. The summed E-state index contributed by atoms with van der Waals surface area (Å²) in [6.45, 7) is 3.31. The van der Waals surface area contributed by atoms with Crippen molar-refractivity contribution in [2.45, 2.75) is 25.9 Å². The van der Waals surface area contributed by atoms with E-state index in [1.54, 1.807) is 29.3 Å². The molecule has 2 aromatic rings. The quantitative estimate of drug-likeness (QED) is 0.865. The van der Waals surface area contributed by atoms with E-state index < -0.39 is 0 Å². The number of ether oxygens (including phenoxy) is 1. The van der Waals surface area contributed by atoms with Crippen LogP contribution in [0.4, 0.5) is 4.39 Å². The van der Waals surface area contributed by atoms with E-state index in [-0.39, 0.29) is 24.2 Å². The average molecular weight is 329 g/mol. The first-order valence-electron chi connectivity index (χ1n) is 8.06. The summed E-state index contributed by atoms with van der Waals surface area (Å²) in [5, 5.41) is 0. The van der Waals surface area contributed by atoms with E-state index in [4.69, 9.17) is 4.74 Å². The second kappa shape index (κ2) is 7.49. The first-order chi connectivity index (χ1) is 11.6. The number of benzene rings is 1. The zero-order valence-electron chi connectivity index (χ0n) is 13.6. The first kappa shape index (κ1) is 16.5. The number of rotatable bonds is 4. The van der Waals surface area contributed by atoms with Crippen LogP contribution >= 0.6 is 0 Å². The lowest BCUT2D eigenvalue weighted by Gasteiger charge is -2.32. The van der Waals surface area contributed by atoms with E-state index in [0.29, 0.717) is 37.5 Å². The van der Waals surface area contributed by atoms with Gasteiger partial charge in [-0.25, -0.2) is 14.4 Å². The minimum atomic E-state index is -0.262.